The second kappa shape index (κ2) is 11.3. The summed E-state index contributed by atoms with van der Waals surface area (Å²) in [5, 5.41) is 16.8. The number of amides is 2. The van der Waals surface area contributed by atoms with Crippen LogP contribution in [0.4, 0.5) is 5.69 Å². The van der Waals surface area contributed by atoms with E-state index < -0.39 is 21.8 Å². The zero-order chi connectivity index (χ0) is 27.4. The van der Waals surface area contributed by atoms with Gasteiger partial charge < -0.3 is 11.1 Å². The lowest BCUT2D eigenvalue weighted by Crippen LogP contribution is -2.40. The van der Waals surface area contributed by atoms with Gasteiger partial charge in [0.1, 0.15) is 5.69 Å². The van der Waals surface area contributed by atoms with E-state index in [0.717, 1.165) is 5.69 Å². The Labute approximate surface area is 221 Å². The lowest BCUT2D eigenvalue weighted by molar-refractivity contribution is 0.0996. The molecular weight excluding hydrogens is 506 g/mol. The largest absolute Gasteiger partial charge is 0.364 e. The first kappa shape index (κ1) is 27.2. The third kappa shape index (κ3) is 5.84. The molecule has 1 fully saturated rings. The molecule has 1 aromatic carbocycles. The summed E-state index contributed by atoms with van der Waals surface area (Å²) in [7, 11) is -3.35. The Morgan fingerprint density at radius 1 is 1.21 bits per heavy atom. The number of anilines is 1. The Balaban J connectivity index is 1.46. The van der Waals surface area contributed by atoms with Gasteiger partial charge in [-0.15, -0.1) is 0 Å². The van der Waals surface area contributed by atoms with Crippen molar-refractivity contribution in [3.63, 3.8) is 0 Å². The molecule has 12 heteroatoms. The minimum absolute atomic E-state index is 0.000555. The number of nitrogens with zero attached hydrogens (tertiary/aromatic N) is 5. The zero-order valence-electron chi connectivity index (χ0n) is 21.5. The van der Waals surface area contributed by atoms with Crippen LogP contribution in [0.25, 0.3) is 10.9 Å². The Morgan fingerprint density at radius 3 is 2.61 bits per heavy atom. The molecule has 11 nitrogen and oxygen atoms in total. The molecule has 38 heavy (non-hydrogen) atoms. The van der Waals surface area contributed by atoms with Crippen LogP contribution < -0.4 is 11.1 Å². The molecule has 0 atom stereocenters. The minimum Gasteiger partial charge on any atom is -0.364 e. The summed E-state index contributed by atoms with van der Waals surface area (Å²) in [6.45, 7) is 5.19. The van der Waals surface area contributed by atoms with E-state index in [9.17, 15) is 18.0 Å². The number of unbranched alkanes of at least 4 members (excludes halogenated alkanes) is 1. The second-order valence-corrected chi connectivity index (χ2v) is 11.6. The van der Waals surface area contributed by atoms with E-state index in [1.165, 1.54) is 10.4 Å². The van der Waals surface area contributed by atoms with Gasteiger partial charge in [-0.25, -0.2) is 17.7 Å². The van der Waals surface area contributed by atoms with Gasteiger partial charge in [-0.05, 0) is 51.2 Å². The highest BCUT2D eigenvalue weighted by molar-refractivity contribution is 7.89. The Bertz CT molecular complexity index is 1520. The summed E-state index contributed by atoms with van der Waals surface area (Å²) in [4.78, 5) is 29.3. The van der Waals surface area contributed by atoms with Crippen molar-refractivity contribution >= 4 is 38.4 Å². The zero-order valence-corrected chi connectivity index (χ0v) is 22.3. The number of nitrogens with one attached hydrogen (secondary N) is 1. The van der Waals surface area contributed by atoms with E-state index in [1.54, 1.807) is 24.3 Å². The number of primary amides is 1. The van der Waals surface area contributed by atoms with Crippen LogP contribution in [0.3, 0.4) is 0 Å². The SMILES string of the molecule is Cc1nn(CC2CCN(S(=O)(=O)CCCC#N)CC2)c(C)c1NC(=O)c1cc(C(N)=O)nc2ccccc12. The summed E-state index contributed by atoms with van der Waals surface area (Å²) >= 11 is 0. The van der Waals surface area contributed by atoms with Crippen LogP contribution in [-0.2, 0) is 16.6 Å². The molecule has 0 unspecified atom stereocenters. The highest BCUT2D eigenvalue weighted by Crippen LogP contribution is 2.27. The van der Waals surface area contributed by atoms with E-state index in [0.29, 0.717) is 66.7 Å². The van der Waals surface area contributed by atoms with Gasteiger partial charge in [-0.1, -0.05) is 18.2 Å². The smallest absolute Gasteiger partial charge is 0.267 e. The van der Waals surface area contributed by atoms with Crippen molar-refractivity contribution in [3.05, 3.63) is 53.0 Å². The summed E-state index contributed by atoms with van der Waals surface area (Å²) < 4.78 is 28.4. The van der Waals surface area contributed by atoms with E-state index in [-0.39, 0.29) is 23.8 Å². The van der Waals surface area contributed by atoms with Gasteiger partial charge in [0.25, 0.3) is 11.8 Å². The molecule has 2 aromatic heterocycles. The first-order chi connectivity index (χ1) is 18.1. The molecule has 1 saturated heterocycles. The van der Waals surface area contributed by atoms with Crippen molar-refractivity contribution in [2.24, 2.45) is 11.7 Å². The van der Waals surface area contributed by atoms with Gasteiger partial charge in [0.05, 0.1) is 40.0 Å². The number of carbonyl (C=O) groups is 2. The summed E-state index contributed by atoms with van der Waals surface area (Å²) in [6, 6.07) is 10.4. The number of aromatic nitrogens is 3. The normalized spacial score (nSPS) is 14.9. The maximum Gasteiger partial charge on any atom is 0.267 e. The average Bonchev–Trinajstić information content (AvgIpc) is 3.15. The second-order valence-electron chi connectivity index (χ2n) is 9.54. The first-order valence-corrected chi connectivity index (χ1v) is 14.1. The van der Waals surface area contributed by atoms with Crippen LogP contribution in [0, 0.1) is 31.1 Å². The lowest BCUT2D eigenvalue weighted by Gasteiger charge is -2.31. The van der Waals surface area contributed by atoms with Crippen molar-refractivity contribution in [2.75, 3.05) is 24.2 Å². The lowest BCUT2D eigenvalue weighted by atomic mass is 9.98. The number of sulfonamides is 1. The highest BCUT2D eigenvalue weighted by atomic mass is 32.2. The summed E-state index contributed by atoms with van der Waals surface area (Å²) in [5.41, 5.74) is 8.26. The molecule has 0 aliphatic carbocycles. The number of carbonyl (C=O) groups excluding carboxylic acids is 2. The molecule has 4 rings (SSSR count). The molecule has 0 radical (unpaired) electrons. The number of rotatable bonds is 9. The maximum atomic E-state index is 13.3. The number of hydrogen-bond acceptors (Lipinski definition) is 7. The minimum atomic E-state index is -3.35. The van der Waals surface area contributed by atoms with Crippen LogP contribution in [-0.4, -0.2) is 58.1 Å². The van der Waals surface area contributed by atoms with E-state index in [4.69, 9.17) is 11.0 Å². The molecule has 0 bridgehead atoms. The number of para-hydroxylation sites is 1. The number of benzene rings is 1. The average molecular weight is 538 g/mol. The van der Waals surface area contributed by atoms with Gasteiger partial charge in [0.2, 0.25) is 10.0 Å². The van der Waals surface area contributed by atoms with Crippen LogP contribution in [0.1, 0.15) is 57.9 Å². The monoisotopic (exact) mass is 537 g/mol. The number of hydrogen-bond donors (Lipinski definition) is 2. The Kier molecular flexibility index (Phi) is 8.08. The first-order valence-electron chi connectivity index (χ1n) is 12.5. The fourth-order valence-corrected chi connectivity index (χ4v) is 6.34. The molecule has 3 aromatic rings. The van der Waals surface area contributed by atoms with Crippen LogP contribution in [0.5, 0.6) is 0 Å². The molecular formula is C26H31N7O4S. The summed E-state index contributed by atoms with van der Waals surface area (Å²) in [6.07, 6.45) is 1.99. The number of pyridine rings is 1. The Morgan fingerprint density at radius 2 is 1.92 bits per heavy atom. The van der Waals surface area contributed by atoms with Gasteiger partial charge in [-0.2, -0.15) is 10.4 Å². The molecule has 3 heterocycles. The number of aryl methyl sites for hydroxylation is 1. The quantitative estimate of drug-likeness (QED) is 0.396. The highest BCUT2D eigenvalue weighted by Gasteiger charge is 2.28. The van der Waals surface area contributed by atoms with Gasteiger partial charge in [0, 0.05) is 31.4 Å². The van der Waals surface area contributed by atoms with E-state index in [2.05, 4.69) is 15.4 Å². The van der Waals surface area contributed by atoms with Crippen molar-refractivity contribution < 1.29 is 18.0 Å². The molecule has 1 aliphatic rings. The van der Waals surface area contributed by atoms with Gasteiger partial charge in [-0.3, -0.25) is 14.3 Å². The fourth-order valence-electron chi connectivity index (χ4n) is 4.80. The maximum absolute atomic E-state index is 13.3. The standard InChI is InChI=1S/C26H31N7O4S/c1-17-24(30-26(35)21-15-23(25(28)34)29-22-8-4-3-7-20(21)22)18(2)33(31-17)16-19-9-12-32(13-10-19)38(36,37)14-6-5-11-27/h3-4,7-8,15,19H,5-6,9-10,12-14,16H2,1-2H3,(H2,28,34)(H,30,35). The third-order valence-electron chi connectivity index (χ3n) is 6.92. The van der Waals surface area contributed by atoms with Gasteiger partial charge in [0.15, 0.2) is 0 Å². The topological polar surface area (TPSA) is 164 Å². The molecule has 2 amide bonds. The summed E-state index contributed by atoms with van der Waals surface area (Å²) in [5.74, 6) is -0.874. The number of piperidine rings is 1. The van der Waals surface area contributed by atoms with Crippen molar-refractivity contribution in [3.8, 4) is 6.07 Å². The third-order valence-corrected chi connectivity index (χ3v) is 8.88. The van der Waals surface area contributed by atoms with E-state index in [1.807, 2.05) is 24.6 Å². The molecule has 3 N–H and O–H groups in total. The predicted octanol–water partition coefficient (Wildman–Crippen LogP) is 2.74. The number of fused-ring (bicyclic) bond motifs is 1. The fraction of sp³-hybridized carbons (Fsp3) is 0.423. The molecule has 200 valence electrons. The van der Waals surface area contributed by atoms with Crippen molar-refractivity contribution in [2.45, 2.75) is 46.1 Å². The van der Waals surface area contributed by atoms with E-state index >= 15 is 0 Å². The van der Waals surface area contributed by atoms with Crippen LogP contribution in [0.2, 0.25) is 0 Å². The van der Waals surface area contributed by atoms with Crippen molar-refractivity contribution in [1.82, 2.24) is 19.1 Å². The Hall–Kier alpha value is -3.82. The van der Waals surface area contributed by atoms with Crippen molar-refractivity contribution in [1.29, 1.82) is 5.26 Å². The molecule has 1 aliphatic heterocycles. The number of nitriles is 1. The van der Waals surface area contributed by atoms with Crippen LogP contribution in [0.15, 0.2) is 30.3 Å². The van der Waals surface area contributed by atoms with Gasteiger partial charge >= 0.3 is 0 Å². The molecule has 0 spiro atoms. The predicted molar refractivity (Wildman–Crippen MR) is 143 cm³/mol. The van der Waals surface area contributed by atoms with Crippen LogP contribution >= 0.6 is 0 Å². The number of nitrogens with two attached hydrogens (primary N) is 1. The molecule has 0 saturated carbocycles.